The quantitative estimate of drug-likeness (QED) is 0.402. The van der Waals surface area contributed by atoms with Gasteiger partial charge in [-0.05, 0) is 32.3 Å². The first-order valence-electron chi connectivity index (χ1n) is 7.56. The van der Waals surface area contributed by atoms with Gasteiger partial charge in [-0.3, -0.25) is 0 Å². The zero-order valence-corrected chi connectivity index (χ0v) is 13.0. The summed E-state index contributed by atoms with van der Waals surface area (Å²) in [5.41, 5.74) is -0.564. The Morgan fingerprint density at radius 1 is 1.21 bits per heavy atom. The highest BCUT2D eigenvalue weighted by Gasteiger charge is 2.30. The minimum atomic E-state index is -0.564. The van der Waals surface area contributed by atoms with Gasteiger partial charge in [0, 0.05) is 0 Å². The predicted octanol–water partition coefficient (Wildman–Crippen LogP) is 5.24. The Labute approximate surface area is 118 Å². The Kier molecular flexibility index (Phi) is 9.36. The molecular formula is C16H30O3. The van der Waals surface area contributed by atoms with Crippen LogP contribution in [0.3, 0.4) is 0 Å². The molecule has 0 aromatic carbocycles. The van der Waals surface area contributed by atoms with E-state index in [-0.39, 0.29) is 6.10 Å². The first-order valence-corrected chi connectivity index (χ1v) is 7.56. The van der Waals surface area contributed by atoms with Gasteiger partial charge in [0.2, 0.25) is 0 Å². The normalized spacial score (nSPS) is 12.8. The maximum Gasteiger partial charge on any atom is 0.509 e. The topological polar surface area (TPSA) is 35.5 Å². The molecule has 1 atom stereocenters. The fourth-order valence-corrected chi connectivity index (χ4v) is 2.22. The van der Waals surface area contributed by atoms with E-state index in [9.17, 15) is 4.79 Å². The summed E-state index contributed by atoms with van der Waals surface area (Å²) in [6.07, 6.45) is 7.63. The monoisotopic (exact) mass is 270 g/mol. The van der Waals surface area contributed by atoms with Crippen molar-refractivity contribution >= 4 is 6.16 Å². The van der Waals surface area contributed by atoms with Gasteiger partial charge < -0.3 is 9.47 Å². The molecule has 0 rings (SSSR count). The molecule has 0 fully saturated rings. The summed E-state index contributed by atoms with van der Waals surface area (Å²) >= 11 is 0. The standard InChI is InChI=1S/C16H30O3/c1-6-10-11-14(5)18-15(17)19-16(9-4,12-7-2)13-8-3/h9,14H,4,6-8,10-13H2,1-3,5H3. The molecule has 0 aromatic heterocycles. The Hall–Kier alpha value is -0.990. The molecule has 0 aromatic rings. The van der Waals surface area contributed by atoms with Crippen molar-refractivity contribution in [3.8, 4) is 0 Å². The molecule has 0 saturated carbocycles. The van der Waals surface area contributed by atoms with Crippen LogP contribution in [-0.2, 0) is 9.47 Å². The molecule has 3 nitrogen and oxygen atoms in total. The Bertz CT molecular complexity index is 255. The van der Waals surface area contributed by atoms with Crippen molar-refractivity contribution in [3.05, 3.63) is 12.7 Å². The van der Waals surface area contributed by atoms with Crippen molar-refractivity contribution in [1.82, 2.24) is 0 Å². The molecule has 0 bridgehead atoms. The highest BCUT2D eigenvalue weighted by atomic mass is 16.7. The molecule has 0 spiro atoms. The number of carbonyl (C=O) groups is 1. The van der Waals surface area contributed by atoms with Crippen molar-refractivity contribution in [1.29, 1.82) is 0 Å². The van der Waals surface area contributed by atoms with E-state index in [0.29, 0.717) is 0 Å². The van der Waals surface area contributed by atoms with Gasteiger partial charge in [0.1, 0.15) is 11.7 Å². The highest BCUT2D eigenvalue weighted by molar-refractivity contribution is 5.61. The molecule has 0 N–H and O–H groups in total. The van der Waals surface area contributed by atoms with E-state index in [4.69, 9.17) is 9.47 Å². The van der Waals surface area contributed by atoms with E-state index in [2.05, 4.69) is 27.4 Å². The summed E-state index contributed by atoms with van der Waals surface area (Å²) in [6, 6.07) is 0. The summed E-state index contributed by atoms with van der Waals surface area (Å²) in [4.78, 5) is 11.8. The van der Waals surface area contributed by atoms with Gasteiger partial charge >= 0.3 is 6.16 Å². The van der Waals surface area contributed by atoms with Crippen LogP contribution in [0.5, 0.6) is 0 Å². The number of hydrogen-bond acceptors (Lipinski definition) is 3. The molecule has 0 radical (unpaired) electrons. The van der Waals surface area contributed by atoms with Crippen LogP contribution in [0, 0.1) is 0 Å². The van der Waals surface area contributed by atoms with Crippen LogP contribution in [-0.4, -0.2) is 17.9 Å². The van der Waals surface area contributed by atoms with E-state index in [1.54, 1.807) is 6.08 Å². The van der Waals surface area contributed by atoms with Gasteiger partial charge in [-0.2, -0.15) is 0 Å². The molecule has 0 amide bonds. The molecule has 19 heavy (non-hydrogen) atoms. The van der Waals surface area contributed by atoms with Crippen LogP contribution >= 0.6 is 0 Å². The third-order valence-corrected chi connectivity index (χ3v) is 3.27. The predicted molar refractivity (Wildman–Crippen MR) is 79.3 cm³/mol. The number of carbonyl (C=O) groups excluding carboxylic acids is 1. The Balaban J connectivity index is 4.41. The molecule has 0 aliphatic heterocycles. The fourth-order valence-electron chi connectivity index (χ4n) is 2.22. The van der Waals surface area contributed by atoms with E-state index in [1.807, 2.05) is 6.92 Å². The lowest BCUT2D eigenvalue weighted by Crippen LogP contribution is -2.34. The largest absolute Gasteiger partial charge is 0.509 e. The van der Waals surface area contributed by atoms with Crippen molar-refractivity contribution in [2.75, 3.05) is 0 Å². The lowest BCUT2D eigenvalue weighted by Gasteiger charge is -2.30. The van der Waals surface area contributed by atoms with Crippen molar-refractivity contribution < 1.29 is 14.3 Å². The highest BCUT2D eigenvalue weighted by Crippen LogP contribution is 2.26. The molecule has 0 heterocycles. The smallest absolute Gasteiger partial charge is 0.431 e. The Morgan fingerprint density at radius 2 is 1.79 bits per heavy atom. The summed E-state index contributed by atoms with van der Waals surface area (Å²) in [6.45, 7) is 12.0. The zero-order chi connectivity index (χ0) is 14.7. The molecule has 0 saturated heterocycles. The van der Waals surface area contributed by atoms with Gasteiger partial charge in [-0.1, -0.05) is 53.0 Å². The lowest BCUT2D eigenvalue weighted by molar-refractivity contribution is -0.0346. The van der Waals surface area contributed by atoms with Crippen molar-refractivity contribution in [2.45, 2.75) is 84.3 Å². The van der Waals surface area contributed by atoms with Crippen LogP contribution < -0.4 is 0 Å². The number of unbranched alkanes of at least 4 members (excludes halogenated alkanes) is 1. The SMILES string of the molecule is C=CC(CCC)(CCC)OC(=O)OC(C)CCCC. The Morgan fingerprint density at radius 3 is 2.21 bits per heavy atom. The second-order valence-corrected chi connectivity index (χ2v) is 5.19. The summed E-state index contributed by atoms with van der Waals surface area (Å²) in [7, 11) is 0. The third kappa shape index (κ3) is 7.24. The second kappa shape index (κ2) is 9.88. The van der Waals surface area contributed by atoms with E-state index in [1.165, 1.54) is 0 Å². The number of rotatable bonds is 10. The minimum Gasteiger partial charge on any atom is -0.431 e. The van der Waals surface area contributed by atoms with Crippen LogP contribution in [0.2, 0.25) is 0 Å². The van der Waals surface area contributed by atoms with E-state index >= 15 is 0 Å². The third-order valence-electron chi connectivity index (χ3n) is 3.27. The summed E-state index contributed by atoms with van der Waals surface area (Å²) in [5, 5.41) is 0. The van der Waals surface area contributed by atoms with Crippen LogP contribution in [0.1, 0.15) is 72.6 Å². The molecule has 1 unspecified atom stereocenters. The minimum absolute atomic E-state index is 0.0850. The van der Waals surface area contributed by atoms with Crippen LogP contribution in [0.25, 0.3) is 0 Å². The van der Waals surface area contributed by atoms with Crippen molar-refractivity contribution in [3.63, 3.8) is 0 Å². The summed E-state index contributed by atoms with van der Waals surface area (Å²) < 4.78 is 10.8. The van der Waals surface area contributed by atoms with Gasteiger partial charge in [-0.15, -0.1) is 0 Å². The molecule has 0 aliphatic rings. The second-order valence-electron chi connectivity index (χ2n) is 5.19. The van der Waals surface area contributed by atoms with Gasteiger partial charge in [0.15, 0.2) is 0 Å². The summed E-state index contributed by atoms with van der Waals surface area (Å²) in [5.74, 6) is 0. The average Bonchev–Trinajstić information content (AvgIpc) is 2.36. The van der Waals surface area contributed by atoms with Gasteiger partial charge in [0.05, 0.1) is 0 Å². The zero-order valence-electron chi connectivity index (χ0n) is 13.0. The number of ether oxygens (including phenoxy) is 2. The first kappa shape index (κ1) is 18.0. The fraction of sp³-hybridized carbons (Fsp3) is 0.812. The van der Waals surface area contributed by atoms with E-state index in [0.717, 1.165) is 44.9 Å². The number of hydrogen-bond donors (Lipinski definition) is 0. The van der Waals surface area contributed by atoms with E-state index < -0.39 is 11.8 Å². The van der Waals surface area contributed by atoms with Crippen molar-refractivity contribution in [2.24, 2.45) is 0 Å². The maximum absolute atomic E-state index is 11.8. The van der Waals surface area contributed by atoms with Gasteiger partial charge in [-0.25, -0.2) is 4.79 Å². The first-order chi connectivity index (χ1) is 9.03. The lowest BCUT2D eigenvalue weighted by atomic mass is 9.92. The maximum atomic E-state index is 11.8. The molecule has 0 aliphatic carbocycles. The molecule has 3 heteroatoms. The van der Waals surface area contributed by atoms with Gasteiger partial charge in [0.25, 0.3) is 0 Å². The molecular weight excluding hydrogens is 240 g/mol. The van der Waals surface area contributed by atoms with Crippen LogP contribution in [0.4, 0.5) is 4.79 Å². The average molecular weight is 270 g/mol. The molecule has 112 valence electrons. The van der Waals surface area contributed by atoms with Crippen LogP contribution in [0.15, 0.2) is 12.7 Å².